The molecule has 2 atom stereocenters. The molecule has 3 aromatic rings. The summed E-state index contributed by atoms with van der Waals surface area (Å²) < 4.78 is 10.9. The number of rotatable bonds is 4. The molecule has 0 bridgehead atoms. The van der Waals surface area contributed by atoms with Gasteiger partial charge in [-0.05, 0) is 40.5 Å². The van der Waals surface area contributed by atoms with Crippen LogP contribution in [0, 0.1) is 0 Å². The second kappa shape index (κ2) is 8.67. The first-order valence-electron chi connectivity index (χ1n) is 11.6. The highest BCUT2D eigenvalue weighted by molar-refractivity contribution is 5.87. The van der Waals surface area contributed by atoms with Crippen LogP contribution in [0.2, 0.25) is 0 Å². The third-order valence-corrected chi connectivity index (χ3v) is 6.93. The second-order valence-electron chi connectivity index (χ2n) is 8.99. The monoisotopic (exact) mass is 444 g/mol. The van der Waals surface area contributed by atoms with E-state index in [9.17, 15) is 4.79 Å². The van der Waals surface area contributed by atoms with Gasteiger partial charge in [-0.25, -0.2) is 10.9 Å². The molecule has 1 amide bonds. The largest absolute Gasteiger partial charge is 0.454 e. The van der Waals surface area contributed by atoms with E-state index in [0.717, 1.165) is 50.6 Å². The van der Waals surface area contributed by atoms with Gasteiger partial charge in [-0.1, -0.05) is 48.5 Å². The summed E-state index contributed by atoms with van der Waals surface area (Å²) in [6.07, 6.45) is 0.754. The van der Waals surface area contributed by atoms with Crippen molar-refractivity contribution in [1.29, 1.82) is 0 Å². The summed E-state index contributed by atoms with van der Waals surface area (Å²) in [4.78, 5) is 17.6. The SMILES string of the molecule is O=C(C1CC(c2cccc3ccccc23)NN1)N1CCN(Cc2ccc3c(c2)OCO3)CC1. The van der Waals surface area contributed by atoms with E-state index in [1.807, 2.05) is 11.0 Å². The maximum atomic E-state index is 13.2. The molecule has 33 heavy (non-hydrogen) atoms. The summed E-state index contributed by atoms with van der Waals surface area (Å²) in [6, 6.07) is 20.8. The van der Waals surface area contributed by atoms with E-state index < -0.39 is 0 Å². The van der Waals surface area contributed by atoms with Crippen LogP contribution in [0.15, 0.2) is 60.7 Å². The zero-order valence-corrected chi connectivity index (χ0v) is 18.5. The Morgan fingerprint density at radius 1 is 0.909 bits per heavy atom. The normalized spacial score (nSPS) is 22.7. The number of carbonyl (C=O) groups is 1. The van der Waals surface area contributed by atoms with Crippen molar-refractivity contribution in [2.45, 2.75) is 25.0 Å². The van der Waals surface area contributed by atoms with Crippen LogP contribution in [0.4, 0.5) is 0 Å². The van der Waals surface area contributed by atoms with Gasteiger partial charge in [-0.2, -0.15) is 0 Å². The Labute approximate surface area is 193 Å². The number of amides is 1. The van der Waals surface area contributed by atoms with Crippen molar-refractivity contribution in [3.63, 3.8) is 0 Å². The van der Waals surface area contributed by atoms with Crippen molar-refractivity contribution >= 4 is 16.7 Å². The molecule has 3 aromatic carbocycles. The van der Waals surface area contributed by atoms with Crippen molar-refractivity contribution in [1.82, 2.24) is 20.7 Å². The Balaban J connectivity index is 1.05. The van der Waals surface area contributed by atoms with Gasteiger partial charge < -0.3 is 14.4 Å². The van der Waals surface area contributed by atoms with Gasteiger partial charge in [-0.15, -0.1) is 0 Å². The van der Waals surface area contributed by atoms with Crippen molar-refractivity contribution in [3.05, 3.63) is 71.8 Å². The molecule has 2 saturated heterocycles. The highest BCUT2D eigenvalue weighted by Crippen LogP contribution is 2.33. The highest BCUT2D eigenvalue weighted by atomic mass is 16.7. The molecule has 0 aromatic heterocycles. The van der Waals surface area contributed by atoms with Crippen molar-refractivity contribution in [2.75, 3.05) is 33.0 Å². The lowest BCUT2D eigenvalue weighted by molar-refractivity contribution is -0.135. The number of fused-ring (bicyclic) bond motifs is 2. The summed E-state index contributed by atoms with van der Waals surface area (Å²) in [6.45, 7) is 4.39. The second-order valence-corrected chi connectivity index (χ2v) is 8.99. The number of hydrogen-bond acceptors (Lipinski definition) is 6. The Morgan fingerprint density at radius 2 is 1.73 bits per heavy atom. The maximum Gasteiger partial charge on any atom is 0.241 e. The summed E-state index contributed by atoms with van der Waals surface area (Å²) >= 11 is 0. The molecule has 2 N–H and O–H groups in total. The molecule has 3 heterocycles. The molecule has 7 heteroatoms. The van der Waals surface area contributed by atoms with Gasteiger partial charge in [0.05, 0.1) is 0 Å². The van der Waals surface area contributed by atoms with Crippen LogP contribution in [0.25, 0.3) is 10.8 Å². The number of piperazine rings is 1. The van der Waals surface area contributed by atoms with E-state index in [1.165, 1.54) is 21.9 Å². The number of carbonyl (C=O) groups excluding carboxylic acids is 1. The average Bonchev–Trinajstić information content (AvgIpc) is 3.53. The van der Waals surface area contributed by atoms with E-state index in [2.05, 4.69) is 70.3 Å². The summed E-state index contributed by atoms with van der Waals surface area (Å²) in [5, 5.41) is 2.47. The first-order valence-corrected chi connectivity index (χ1v) is 11.6. The number of benzene rings is 3. The quantitative estimate of drug-likeness (QED) is 0.645. The number of ether oxygens (including phenoxy) is 2. The van der Waals surface area contributed by atoms with Crippen LogP contribution in [0.3, 0.4) is 0 Å². The maximum absolute atomic E-state index is 13.2. The third kappa shape index (κ3) is 4.04. The van der Waals surface area contributed by atoms with Crippen LogP contribution in [0.5, 0.6) is 11.5 Å². The van der Waals surface area contributed by atoms with Gasteiger partial charge in [0.2, 0.25) is 12.7 Å². The summed E-state index contributed by atoms with van der Waals surface area (Å²) in [5.74, 6) is 1.82. The fourth-order valence-electron chi connectivity index (χ4n) is 5.12. The van der Waals surface area contributed by atoms with Gasteiger partial charge in [0.25, 0.3) is 0 Å². The lowest BCUT2D eigenvalue weighted by atomic mass is 9.96. The summed E-state index contributed by atoms with van der Waals surface area (Å²) in [5.41, 5.74) is 9.08. The topological polar surface area (TPSA) is 66.1 Å². The number of nitrogens with zero attached hydrogens (tertiary/aromatic N) is 2. The molecule has 3 aliphatic heterocycles. The standard InChI is InChI=1S/C26H28N4O3/c31-26(23-15-22(27-28-23)21-7-3-5-19-4-1-2-6-20(19)21)30-12-10-29(11-13-30)16-18-8-9-24-25(14-18)33-17-32-24/h1-9,14,22-23,27-28H,10-13,15-17H2. The van der Waals surface area contributed by atoms with Gasteiger partial charge in [0.1, 0.15) is 6.04 Å². The molecule has 0 radical (unpaired) electrons. The molecule has 170 valence electrons. The molecular formula is C26H28N4O3. The van der Waals surface area contributed by atoms with Gasteiger partial charge in [0, 0.05) is 38.8 Å². The number of hydrazine groups is 1. The van der Waals surface area contributed by atoms with Crippen LogP contribution >= 0.6 is 0 Å². The minimum Gasteiger partial charge on any atom is -0.454 e. The lowest BCUT2D eigenvalue weighted by Crippen LogP contribution is -2.53. The van der Waals surface area contributed by atoms with E-state index in [4.69, 9.17) is 9.47 Å². The first kappa shape index (κ1) is 20.5. The predicted molar refractivity (Wildman–Crippen MR) is 126 cm³/mol. The first-order chi connectivity index (χ1) is 16.2. The zero-order chi connectivity index (χ0) is 22.2. The van der Waals surface area contributed by atoms with Crippen LogP contribution in [0.1, 0.15) is 23.6 Å². The van der Waals surface area contributed by atoms with E-state index >= 15 is 0 Å². The number of nitrogens with one attached hydrogen (secondary N) is 2. The van der Waals surface area contributed by atoms with Crippen molar-refractivity contribution in [3.8, 4) is 11.5 Å². The minimum absolute atomic E-state index is 0.123. The molecule has 3 aliphatic rings. The smallest absolute Gasteiger partial charge is 0.241 e. The Hall–Kier alpha value is -3.13. The fourth-order valence-corrected chi connectivity index (χ4v) is 5.12. The Kier molecular flexibility index (Phi) is 5.38. The molecule has 0 spiro atoms. The molecule has 2 unspecified atom stereocenters. The van der Waals surface area contributed by atoms with Crippen LogP contribution in [-0.2, 0) is 11.3 Å². The van der Waals surface area contributed by atoms with Gasteiger partial charge >= 0.3 is 0 Å². The molecule has 0 saturated carbocycles. The molecular weight excluding hydrogens is 416 g/mol. The average molecular weight is 445 g/mol. The van der Waals surface area contributed by atoms with Crippen molar-refractivity contribution in [2.24, 2.45) is 0 Å². The Bertz CT molecular complexity index is 1170. The zero-order valence-electron chi connectivity index (χ0n) is 18.5. The molecule has 6 rings (SSSR count). The number of hydrogen-bond donors (Lipinski definition) is 2. The summed E-state index contributed by atoms with van der Waals surface area (Å²) in [7, 11) is 0. The molecule has 2 fully saturated rings. The van der Waals surface area contributed by atoms with Crippen molar-refractivity contribution < 1.29 is 14.3 Å². The lowest BCUT2D eigenvalue weighted by Gasteiger charge is -2.35. The van der Waals surface area contributed by atoms with E-state index in [0.29, 0.717) is 6.79 Å². The van der Waals surface area contributed by atoms with Gasteiger partial charge in [0.15, 0.2) is 11.5 Å². The molecule has 0 aliphatic carbocycles. The fraction of sp³-hybridized carbons (Fsp3) is 0.346. The predicted octanol–water partition coefficient (Wildman–Crippen LogP) is 2.82. The highest BCUT2D eigenvalue weighted by Gasteiger charge is 2.34. The third-order valence-electron chi connectivity index (χ3n) is 6.93. The van der Waals surface area contributed by atoms with E-state index in [1.54, 1.807) is 0 Å². The van der Waals surface area contributed by atoms with Gasteiger partial charge in [-0.3, -0.25) is 9.69 Å². The molecule has 7 nitrogen and oxygen atoms in total. The van der Waals surface area contributed by atoms with Crippen LogP contribution in [-0.4, -0.2) is 54.7 Å². The van der Waals surface area contributed by atoms with E-state index in [-0.39, 0.29) is 18.0 Å². The Morgan fingerprint density at radius 3 is 2.64 bits per heavy atom. The minimum atomic E-state index is -0.200. The van der Waals surface area contributed by atoms with Crippen LogP contribution < -0.4 is 20.3 Å².